The van der Waals surface area contributed by atoms with E-state index in [1.165, 1.54) is 5.56 Å². The van der Waals surface area contributed by atoms with Gasteiger partial charge in [0.25, 0.3) is 0 Å². The molecule has 0 atom stereocenters. The van der Waals surface area contributed by atoms with E-state index >= 15 is 0 Å². The molecule has 1 aliphatic rings. The van der Waals surface area contributed by atoms with Crippen molar-refractivity contribution in [3.05, 3.63) is 66.4 Å². The first-order valence-corrected chi connectivity index (χ1v) is 8.61. The lowest BCUT2D eigenvalue weighted by atomic mass is 10.2. The second kappa shape index (κ2) is 6.97. The average molecular weight is 318 g/mol. The smallest absolute Gasteiger partial charge is 0.147 e. The molecule has 0 spiro atoms. The van der Waals surface area contributed by atoms with E-state index in [1.807, 2.05) is 30.5 Å². The summed E-state index contributed by atoms with van der Waals surface area (Å²) in [5.74, 6) is 0.996. The number of nitrogens with zero attached hydrogens (tertiary/aromatic N) is 4. The molecule has 0 aliphatic carbocycles. The second-order valence-corrected chi connectivity index (χ2v) is 6.32. The van der Waals surface area contributed by atoms with Gasteiger partial charge in [-0.05, 0) is 24.1 Å². The Morgan fingerprint density at radius 1 is 0.792 bits per heavy atom. The minimum atomic E-state index is 0.960. The molecule has 1 saturated heterocycles. The van der Waals surface area contributed by atoms with Gasteiger partial charge in [0.15, 0.2) is 0 Å². The zero-order valence-electron chi connectivity index (χ0n) is 13.8. The van der Waals surface area contributed by atoms with Crippen molar-refractivity contribution in [2.75, 3.05) is 31.1 Å². The van der Waals surface area contributed by atoms with Gasteiger partial charge in [-0.25, -0.2) is 4.98 Å². The van der Waals surface area contributed by atoms with Gasteiger partial charge in [-0.3, -0.25) is 9.88 Å². The Hall–Kier alpha value is -2.46. The largest absolute Gasteiger partial charge is 0.354 e. The molecule has 0 unspecified atom stereocenters. The van der Waals surface area contributed by atoms with Crippen molar-refractivity contribution in [3.8, 4) is 0 Å². The van der Waals surface area contributed by atoms with Crippen LogP contribution < -0.4 is 4.90 Å². The summed E-state index contributed by atoms with van der Waals surface area (Å²) in [5, 5.41) is 0. The van der Waals surface area contributed by atoms with Gasteiger partial charge < -0.3 is 4.90 Å². The maximum absolute atomic E-state index is 4.79. The zero-order valence-corrected chi connectivity index (χ0v) is 13.8. The highest BCUT2D eigenvalue weighted by molar-refractivity contribution is 5.75. The molecule has 3 aromatic rings. The van der Waals surface area contributed by atoms with Crippen molar-refractivity contribution in [1.82, 2.24) is 14.9 Å². The molecule has 122 valence electrons. The molecule has 4 rings (SSSR count). The topological polar surface area (TPSA) is 32.3 Å². The molecule has 2 heterocycles. The van der Waals surface area contributed by atoms with Crippen LogP contribution in [0.3, 0.4) is 0 Å². The van der Waals surface area contributed by atoms with Crippen LogP contribution >= 0.6 is 0 Å². The fourth-order valence-electron chi connectivity index (χ4n) is 3.30. The van der Waals surface area contributed by atoms with Gasteiger partial charge in [0.2, 0.25) is 0 Å². The molecule has 24 heavy (non-hydrogen) atoms. The van der Waals surface area contributed by atoms with Gasteiger partial charge in [-0.1, -0.05) is 42.5 Å². The van der Waals surface area contributed by atoms with Crippen molar-refractivity contribution < 1.29 is 0 Å². The van der Waals surface area contributed by atoms with Gasteiger partial charge in [-0.2, -0.15) is 0 Å². The number of rotatable bonds is 3. The molecule has 0 N–H and O–H groups in total. The lowest BCUT2D eigenvalue weighted by Crippen LogP contribution is -2.31. The molecule has 1 fully saturated rings. The zero-order chi connectivity index (χ0) is 16.2. The van der Waals surface area contributed by atoms with Gasteiger partial charge in [-0.15, -0.1) is 0 Å². The Bertz CT molecular complexity index is 803. The number of hydrogen-bond acceptors (Lipinski definition) is 4. The van der Waals surface area contributed by atoms with Crippen LogP contribution in [0.15, 0.2) is 60.8 Å². The van der Waals surface area contributed by atoms with E-state index in [0.717, 1.165) is 56.0 Å². The van der Waals surface area contributed by atoms with Crippen molar-refractivity contribution >= 4 is 16.9 Å². The summed E-state index contributed by atoms with van der Waals surface area (Å²) in [6.07, 6.45) is 3.07. The Balaban J connectivity index is 1.45. The normalized spacial score (nSPS) is 16.2. The lowest BCUT2D eigenvalue weighted by Gasteiger charge is -2.22. The molecule has 4 heteroatoms. The van der Waals surface area contributed by atoms with Crippen LogP contribution in [-0.2, 0) is 6.54 Å². The maximum atomic E-state index is 4.79. The van der Waals surface area contributed by atoms with E-state index in [1.54, 1.807) is 0 Å². The van der Waals surface area contributed by atoms with Gasteiger partial charge in [0, 0.05) is 32.7 Å². The minimum absolute atomic E-state index is 0.960. The standard InChI is InChI=1S/C20H22N4/c1-2-7-17(8-3-1)16-23-11-6-12-24(14-13-23)20-15-21-18-9-4-5-10-19(18)22-20/h1-5,7-10,15H,6,11-14,16H2. The van der Waals surface area contributed by atoms with Crippen LogP contribution in [0.5, 0.6) is 0 Å². The van der Waals surface area contributed by atoms with Crippen molar-refractivity contribution in [2.45, 2.75) is 13.0 Å². The average Bonchev–Trinajstić information content (AvgIpc) is 2.88. The molecule has 0 radical (unpaired) electrons. The van der Waals surface area contributed by atoms with E-state index in [2.05, 4.69) is 45.1 Å². The molecule has 2 aromatic carbocycles. The second-order valence-electron chi connectivity index (χ2n) is 6.32. The summed E-state index contributed by atoms with van der Waals surface area (Å²) >= 11 is 0. The molecule has 1 aliphatic heterocycles. The number of hydrogen-bond donors (Lipinski definition) is 0. The first-order valence-electron chi connectivity index (χ1n) is 8.61. The summed E-state index contributed by atoms with van der Waals surface area (Å²) in [6, 6.07) is 18.8. The molecule has 1 aromatic heterocycles. The highest BCUT2D eigenvalue weighted by Crippen LogP contribution is 2.17. The van der Waals surface area contributed by atoms with E-state index < -0.39 is 0 Å². The fourth-order valence-corrected chi connectivity index (χ4v) is 3.30. The first-order chi connectivity index (χ1) is 11.9. The van der Waals surface area contributed by atoms with Crippen LogP contribution in [0, 0.1) is 0 Å². The number of benzene rings is 2. The van der Waals surface area contributed by atoms with Crippen LogP contribution in [0.2, 0.25) is 0 Å². The van der Waals surface area contributed by atoms with Crippen molar-refractivity contribution in [3.63, 3.8) is 0 Å². The number of anilines is 1. The third kappa shape index (κ3) is 3.39. The highest BCUT2D eigenvalue weighted by atomic mass is 15.2. The molecular formula is C20H22N4. The maximum Gasteiger partial charge on any atom is 0.147 e. The lowest BCUT2D eigenvalue weighted by molar-refractivity contribution is 0.285. The number of para-hydroxylation sites is 2. The Kier molecular flexibility index (Phi) is 4.38. The summed E-state index contributed by atoms with van der Waals surface area (Å²) < 4.78 is 0. The third-order valence-electron chi connectivity index (χ3n) is 4.60. The van der Waals surface area contributed by atoms with E-state index in [9.17, 15) is 0 Å². The number of aromatic nitrogens is 2. The monoisotopic (exact) mass is 318 g/mol. The van der Waals surface area contributed by atoms with Crippen LogP contribution in [-0.4, -0.2) is 41.0 Å². The van der Waals surface area contributed by atoms with E-state index in [4.69, 9.17) is 4.98 Å². The minimum Gasteiger partial charge on any atom is -0.354 e. The predicted octanol–water partition coefficient (Wildman–Crippen LogP) is 3.34. The number of fused-ring (bicyclic) bond motifs is 1. The third-order valence-corrected chi connectivity index (χ3v) is 4.60. The van der Waals surface area contributed by atoms with Crippen molar-refractivity contribution in [2.24, 2.45) is 0 Å². The van der Waals surface area contributed by atoms with Crippen LogP contribution in [0.25, 0.3) is 11.0 Å². The molecule has 4 nitrogen and oxygen atoms in total. The Morgan fingerprint density at radius 2 is 1.58 bits per heavy atom. The van der Waals surface area contributed by atoms with Crippen LogP contribution in [0.4, 0.5) is 5.82 Å². The molecule has 0 amide bonds. The molecule has 0 bridgehead atoms. The summed E-state index contributed by atoms with van der Waals surface area (Å²) in [5.41, 5.74) is 3.32. The van der Waals surface area contributed by atoms with Gasteiger partial charge in [0.05, 0.1) is 17.2 Å². The first kappa shape index (κ1) is 15.1. The SMILES string of the molecule is c1ccc(CN2CCCN(c3cnc4ccccc4n3)CC2)cc1. The highest BCUT2D eigenvalue weighted by Gasteiger charge is 2.16. The van der Waals surface area contributed by atoms with Gasteiger partial charge in [0.1, 0.15) is 5.82 Å². The Labute approximate surface area is 142 Å². The fraction of sp³-hybridized carbons (Fsp3) is 0.300. The molecular weight excluding hydrogens is 296 g/mol. The quantitative estimate of drug-likeness (QED) is 0.741. The van der Waals surface area contributed by atoms with Gasteiger partial charge >= 0.3 is 0 Å². The molecule has 0 saturated carbocycles. The summed E-state index contributed by atoms with van der Waals surface area (Å²) in [4.78, 5) is 14.2. The van der Waals surface area contributed by atoms with Crippen molar-refractivity contribution in [1.29, 1.82) is 0 Å². The summed E-state index contributed by atoms with van der Waals surface area (Å²) in [6.45, 7) is 5.26. The van der Waals surface area contributed by atoms with Crippen LogP contribution in [0.1, 0.15) is 12.0 Å². The predicted molar refractivity (Wildman–Crippen MR) is 98.1 cm³/mol. The van der Waals surface area contributed by atoms with E-state index in [-0.39, 0.29) is 0 Å². The Morgan fingerprint density at radius 3 is 2.46 bits per heavy atom. The van der Waals surface area contributed by atoms with E-state index in [0.29, 0.717) is 0 Å². The summed E-state index contributed by atoms with van der Waals surface area (Å²) in [7, 11) is 0.